The lowest BCUT2D eigenvalue weighted by atomic mass is 10.3. The summed E-state index contributed by atoms with van der Waals surface area (Å²) in [5.74, 6) is 5.86. The molecule has 2 aromatic rings. The standard InChI is InChI=1S/C13H15N5O2/c1-2-20-10-5-3-4-9(6-10)16-13(19)11-7-15-8-12(17-11)18-14/h3-8H,2,14H2,1H3,(H,16,19)(H,17,18). The highest BCUT2D eigenvalue weighted by molar-refractivity contribution is 6.02. The minimum atomic E-state index is -0.372. The molecule has 7 nitrogen and oxygen atoms in total. The number of nitrogens with one attached hydrogen (secondary N) is 2. The highest BCUT2D eigenvalue weighted by Crippen LogP contribution is 2.17. The zero-order chi connectivity index (χ0) is 14.4. The number of carbonyl (C=O) groups excluding carboxylic acids is 1. The van der Waals surface area contributed by atoms with Crippen molar-refractivity contribution in [1.29, 1.82) is 0 Å². The number of hydrogen-bond donors (Lipinski definition) is 3. The van der Waals surface area contributed by atoms with Crippen LogP contribution in [0.2, 0.25) is 0 Å². The lowest BCUT2D eigenvalue weighted by Crippen LogP contribution is -2.16. The Morgan fingerprint density at radius 2 is 2.25 bits per heavy atom. The van der Waals surface area contributed by atoms with Crippen LogP contribution in [0, 0.1) is 0 Å². The van der Waals surface area contributed by atoms with Crippen LogP contribution in [0.3, 0.4) is 0 Å². The molecule has 1 amide bonds. The average Bonchev–Trinajstić information content (AvgIpc) is 2.48. The van der Waals surface area contributed by atoms with Gasteiger partial charge in [0.2, 0.25) is 0 Å². The first-order valence-electron chi connectivity index (χ1n) is 6.06. The number of benzene rings is 1. The first-order valence-corrected chi connectivity index (χ1v) is 6.06. The summed E-state index contributed by atoms with van der Waals surface area (Å²) in [7, 11) is 0. The Morgan fingerprint density at radius 3 is 3.00 bits per heavy atom. The van der Waals surface area contributed by atoms with Crippen LogP contribution in [0.4, 0.5) is 11.5 Å². The number of hydrogen-bond acceptors (Lipinski definition) is 6. The molecule has 0 radical (unpaired) electrons. The molecule has 0 unspecified atom stereocenters. The van der Waals surface area contributed by atoms with Crippen LogP contribution < -0.4 is 21.3 Å². The van der Waals surface area contributed by atoms with Crippen molar-refractivity contribution in [3.63, 3.8) is 0 Å². The van der Waals surface area contributed by atoms with Gasteiger partial charge in [-0.3, -0.25) is 9.78 Å². The maximum atomic E-state index is 12.0. The first kappa shape index (κ1) is 13.8. The summed E-state index contributed by atoms with van der Waals surface area (Å²) in [5.41, 5.74) is 3.13. The molecule has 0 atom stereocenters. The molecule has 7 heteroatoms. The van der Waals surface area contributed by atoms with Crippen LogP contribution in [0.25, 0.3) is 0 Å². The molecule has 0 aliphatic rings. The Hall–Kier alpha value is -2.67. The van der Waals surface area contributed by atoms with Crippen molar-refractivity contribution in [2.75, 3.05) is 17.3 Å². The summed E-state index contributed by atoms with van der Waals surface area (Å²) in [5, 5.41) is 2.72. The summed E-state index contributed by atoms with van der Waals surface area (Å²) in [6.45, 7) is 2.46. The van der Waals surface area contributed by atoms with Gasteiger partial charge >= 0.3 is 0 Å². The first-order chi connectivity index (χ1) is 9.72. The lowest BCUT2D eigenvalue weighted by molar-refractivity contribution is 0.102. The molecule has 0 fully saturated rings. The van der Waals surface area contributed by atoms with Gasteiger partial charge in [0, 0.05) is 11.8 Å². The van der Waals surface area contributed by atoms with Gasteiger partial charge in [0.05, 0.1) is 19.0 Å². The maximum Gasteiger partial charge on any atom is 0.275 e. The molecule has 0 saturated carbocycles. The highest BCUT2D eigenvalue weighted by Gasteiger charge is 2.09. The third-order valence-corrected chi connectivity index (χ3v) is 2.42. The van der Waals surface area contributed by atoms with Crippen LogP contribution >= 0.6 is 0 Å². The Labute approximate surface area is 116 Å². The number of anilines is 2. The van der Waals surface area contributed by atoms with Crippen molar-refractivity contribution in [3.05, 3.63) is 42.4 Å². The number of hydrazine groups is 1. The predicted molar refractivity (Wildman–Crippen MR) is 75.4 cm³/mol. The number of ether oxygens (including phenoxy) is 1. The van der Waals surface area contributed by atoms with E-state index in [0.29, 0.717) is 23.9 Å². The molecule has 2 rings (SSSR count). The minimum absolute atomic E-state index is 0.169. The van der Waals surface area contributed by atoms with Crippen molar-refractivity contribution >= 4 is 17.4 Å². The van der Waals surface area contributed by atoms with Gasteiger partial charge in [0.25, 0.3) is 5.91 Å². The average molecular weight is 273 g/mol. The Morgan fingerprint density at radius 1 is 1.40 bits per heavy atom. The van der Waals surface area contributed by atoms with E-state index >= 15 is 0 Å². The van der Waals surface area contributed by atoms with Crippen molar-refractivity contribution in [3.8, 4) is 5.75 Å². The topological polar surface area (TPSA) is 102 Å². The van der Waals surface area contributed by atoms with E-state index in [1.54, 1.807) is 18.2 Å². The fraction of sp³-hybridized carbons (Fsp3) is 0.154. The van der Waals surface area contributed by atoms with Gasteiger partial charge < -0.3 is 15.5 Å². The third kappa shape index (κ3) is 3.42. The number of rotatable bonds is 5. The predicted octanol–water partition coefficient (Wildman–Crippen LogP) is 1.41. The summed E-state index contributed by atoms with van der Waals surface area (Å²) >= 11 is 0. The quantitative estimate of drug-likeness (QED) is 0.562. The van der Waals surface area contributed by atoms with E-state index in [1.807, 2.05) is 13.0 Å². The number of amides is 1. The van der Waals surface area contributed by atoms with Crippen molar-refractivity contribution in [1.82, 2.24) is 9.97 Å². The van der Waals surface area contributed by atoms with Crippen LogP contribution in [0.5, 0.6) is 5.75 Å². The molecule has 0 saturated heterocycles. The van der Waals surface area contributed by atoms with Crippen LogP contribution in [-0.2, 0) is 0 Å². The molecule has 0 aliphatic heterocycles. The van der Waals surface area contributed by atoms with Gasteiger partial charge in [-0.05, 0) is 19.1 Å². The Balaban J connectivity index is 2.12. The van der Waals surface area contributed by atoms with E-state index in [9.17, 15) is 4.79 Å². The molecular weight excluding hydrogens is 258 g/mol. The SMILES string of the molecule is CCOc1cccc(NC(=O)c2cncc(NN)n2)c1. The Kier molecular flexibility index (Phi) is 4.46. The zero-order valence-corrected chi connectivity index (χ0v) is 11.0. The highest BCUT2D eigenvalue weighted by atomic mass is 16.5. The number of carbonyl (C=O) groups is 1. The summed E-state index contributed by atoms with van der Waals surface area (Å²) in [4.78, 5) is 19.9. The molecule has 1 aromatic carbocycles. The van der Waals surface area contributed by atoms with Crippen molar-refractivity contribution in [2.24, 2.45) is 5.84 Å². The van der Waals surface area contributed by atoms with Crippen LogP contribution in [-0.4, -0.2) is 22.5 Å². The molecule has 4 N–H and O–H groups in total. The number of nitrogens with two attached hydrogens (primary N) is 1. The molecule has 0 spiro atoms. The van der Waals surface area contributed by atoms with E-state index in [2.05, 4.69) is 20.7 Å². The fourth-order valence-corrected chi connectivity index (χ4v) is 1.57. The summed E-state index contributed by atoms with van der Waals surface area (Å²) < 4.78 is 5.36. The molecule has 20 heavy (non-hydrogen) atoms. The van der Waals surface area contributed by atoms with Crippen LogP contribution in [0.1, 0.15) is 17.4 Å². The number of nitrogens with zero attached hydrogens (tertiary/aromatic N) is 2. The Bertz CT molecular complexity index is 603. The third-order valence-electron chi connectivity index (χ3n) is 2.42. The van der Waals surface area contributed by atoms with Crippen LogP contribution in [0.15, 0.2) is 36.7 Å². The maximum absolute atomic E-state index is 12.0. The molecule has 0 bridgehead atoms. The second-order valence-electron chi connectivity index (χ2n) is 3.85. The summed E-state index contributed by atoms with van der Waals surface area (Å²) in [6, 6.07) is 7.11. The number of aromatic nitrogens is 2. The smallest absolute Gasteiger partial charge is 0.275 e. The molecule has 1 aromatic heterocycles. The second-order valence-corrected chi connectivity index (χ2v) is 3.85. The second kappa shape index (κ2) is 6.48. The van der Waals surface area contributed by atoms with E-state index in [-0.39, 0.29) is 11.6 Å². The molecule has 0 aliphatic carbocycles. The lowest BCUT2D eigenvalue weighted by Gasteiger charge is -2.08. The van der Waals surface area contributed by atoms with E-state index in [4.69, 9.17) is 10.6 Å². The molecule has 104 valence electrons. The van der Waals surface area contributed by atoms with Crippen molar-refractivity contribution in [2.45, 2.75) is 6.92 Å². The zero-order valence-electron chi connectivity index (χ0n) is 11.0. The van der Waals surface area contributed by atoms with Gasteiger partial charge in [-0.1, -0.05) is 6.07 Å². The van der Waals surface area contributed by atoms with E-state index in [0.717, 1.165) is 0 Å². The molecular formula is C13H15N5O2. The minimum Gasteiger partial charge on any atom is -0.494 e. The van der Waals surface area contributed by atoms with Gasteiger partial charge in [0.15, 0.2) is 5.82 Å². The summed E-state index contributed by atoms with van der Waals surface area (Å²) in [6.07, 6.45) is 2.79. The molecule has 1 heterocycles. The largest absolute Gasteiger partial charge is 0.494 e. The van der Waals surface area contributed by atoms with Gasteiger partial charge in [-0.2, -0.15) is 0 Å². The van der Waals surface area contributed by atoms with Gasteiger partial charge in [-0.15, -0.1) is 0 Å². The van der Waals surface area contributed by atoms with Gasteiger partial charge in [-0.25, -0.2) is 10.8 Å². The van der Waals surface area contributed by atoms with E-state index in [1.165, 1.54) is 12.4 Å². The normalized spacial score (nSPS) is 9.90. The van der Waals surface area contributed by atoms with Crippen molar-refractivity contribution < 1.29 is 9.53 Å². The monoisotopic (exact) mass is 273 g/mol. The fourth-order valence-electron chi connectivity index (χ4n) is 1.57. The van der Waals surface area contributed by atoms with Gasteiger partial charge in [0.1, 0.15) is 11.4 Å². The number of nitrogen functional groups attached to an aromatic ring is 1. The van der Waals surface area contributed by atoms with E-state index < -0.39 is 0 Å².